The van der Waals surface area contributed by atoms with Crippen LogP contribution in [0.4, 0.5) is 0 Å². The van der Waals surface area contributed by atoms with E-state index in [9.17, 15) is 9.59 Å². The minimum absolute atomic E-state index is 0.121. The molecule has 2 nitrogen and oxygen atoms in total. The molecule has 0 aliphatic heterocycles. The van der Waals surface area contributed by atoms with Gasteiger partial charge in [-0.25, -0.2) is 0 Å². The van der Waals surface area contributed by atoms with Gasteiger partial charge in [-0.3, -0.25) is 9.59 Å². The fourth-order valence-electron chi connectivity index (χ4n) is 2.24. The van der Waals surface area contributed by atoms with E-state index < -0.39 is 0 Å². The second kappa shape index (κ2) is 3.84. The molecule has 0 bridgehead atoms. The van der Waals surface area contributed by atoms with E-state index in [1.807, 2.05) is 27.7 Å². The molecule has 0 N–H and O–H groups in total. The number of rotatable bonds is 2. The van der Waals surface area contributed by atoms with Gasteiger partial charge in [-0.15, -0.1) is 0 Å². The fraction of sp³-hybridized carbons (Fsp3) is 0.833. The van der Waals surface area contributed by atoms with Gasteiger partial charge in [-0.2, -0.15) is 0 Å². The van der Waals surface area contributed by atoms with Crippen LogP contribution in [0.15, 0.2) is 0 Å². The quantitative estimate of drug-likeness (QED) is 0.636. The van der Waals surface area contributed by atoms with E-state index >= 15 is 0 Å². The van der Waals surface area contributed by atoms with Crippen molar-refractivity contribution in [2.24, 2.45) is 17.3 Å². The summed E-state index contributed by atoms with van der Waals surface area (Å²) in [7, 11) is 0. The zero-order chi connectivity index (χ0) is 10.9. The van der Waals surface area contributed by atoms with Crippen LogP contribution >= 0.6 is 0 Å². The van der Waals surface area contributed by atoms with Gasteiger partial charge in [0.15, 0.2) is 0 Å². The van der Waals surface area contributed by atoms with Crippen molar-refractivity contribution in [1.29, 1.82) is 0 Å². The molecule has 80 valence electrons. The summed E-state index contributed by atoms with van der Waals surface area (Å²) in [6, 6.07) is 0. The van der Waals surface area contributed by atoms with Crippen LogP contribution in [-0.4, -0.2) is 11.6 Å². The molecule has 14 heavy (non-hydrogen) atoms. The van der Waals surface area contributed by atoms with Gasteiger partial charge in [0.25, 0.3) is 0 Å². The third-order valence-electron chi connectivity index (χ3n) is 3.44. The first kappa shape index (κ1) is 11.4. The lowest BCUT2D eigenvalue weighted by Gasteiger charge is -2.36. The molecule has 2 unspecified atom stereocenters. The Morgan fingerprint density at radius 2 is 2.07 bits per heavy atom. The minimum atomic E-state index is -0.330. The maximum atomic E-state index is 12.0. The first-order valence-corrected chi connectivity index (χ1v) is 5.47. The zero-order valence-electron chi connectivity index (χ0n) is 9.59. The number of ketones is 2. The minimum Gasteiger partial charge on any atom is -0.299 e. The average Bonchev–Trinajstić information content (AvgIpc) is 2.13. The lowest BCUT2D eigenvalue weighted by molar-refractivity contribution is -0.143. The molecule has 2 heteroatoms. The lowest BCUT2D eigenvalue weighted by atomic mass is 9.65. The third kappa shape index (κ3) is 1.89. The molecule has 0 heterocycles. The molecule has 0 saturated heterocycles. The number of Topliss-reactive ketones (excluding diaryl/α,β-unsaturated/α-hetero) is 2. The molecule has 1 fully saturated rings. The number of carbonyl (C=O) groups is 2. The maximum Gasteiger partial charge on any atom is 0.149 e. The molecule has 0 amide bonds. The van der Waals surface area contributed by atoms with Crippen molar-refractivity contribution in [1.82, 2.24) is 0 Å². The molecule has 1 saturated carbocycles. The molecule has 0 radical (unpaired) electrons. The number of carbonyl (C=O) groups excluding carboxylic acids is 2. The Morgan fingerprint density at radius 1 is 1.50 bits per heavy atom. The average molecular weight is 196 g/mol. The second-order valence-electron chi connectivity index (χ2n) is 5.06. The summed E-state index contributed by atoms with van der Waals surface area (Å²) in [4.78, 5) is 23.7. The third-order valence-corrected chi connectivity index (χ3v) is 3.44. The Hall–Kier alpha value is -0.660. The number of hydrogen-bond acceptors (Lipinski definition) is 2. The van der Waals surface area contributed by atoms with Gasteiger partial charge in [0.2, 0.25) is 0 Å². The summed E-state index contributed by atoms with van der Waals surface area (Å²) >= 11 is 0. The first-order valence-electron chi connectivity index (χ1n) is 5.47. The van der Waals surface area contributed by atoms with Crippen LogP contribution in [0, 0.1) is 17.3 Å². The van der Waals surface area contributed by atoms with E-state index in [1.165, 1.54) is 0 Å². The Kier molecular flexibility index (Phi) is 3.13. The SMILES string of the molecule is CCC(=O)C1C(=O)C(C)(C)CCC1C. The largest absolute Gasteiger partial charge is 0.299 e. The van der Waals surface area contributed by atoms with Gasteiger partial charge in [-0.1, -0.05) is 27.7 Å². The monoisotopic (exact) mass is 196 g/mol. The fourth-order valence-corrected chi connectivity index (χ4v) is 2.24. The van der Waals surface area contributed by atoms with Crippen LogP contribution in [0.25, 0.3) is 0 Å². The van der Waals surface area contributed by atoms with Crippen molar-refractivity contribution in [2.75, 3.05) is 0 Å². The van der Waals surface area contributed by atoms with Gasteiger partial charge in [0, 0.05) is 11.8 Å². The van der Waals surface area contributed by atoms with E-state index in [1.54, 1.807) is 0 Å². The van der Waals surface area contributed by atoms with Crippen LogP contribution in [0.5, 0.6) is 0 Å². The maximum absolute atomic E-state index is 12.0. The molecule has 1 aliphatic carbocycles. The summed E-state index contributed by atoms with van der Waals surface area (Å²) in [5.41, 5.74) is -0.290. The summed E-state index contributed by atoms with van der Waals surface area (Å²) in [5.74, 6) is 0.185. The van der Waals surface area contributed by atoms with Gasteiger partial charge >= 0.3 is 0 Å². The summed E-state index contributed by atoms with van der Waals surface area (Å²) in [6.45, 7) is 7.77. The smallest absolute Gasteiger partial charge is 0.149 e. The van der Waals surface area contributed by atoms with Crippen molar-refractivity contribution in [2.45, 2.75) is 47.0 Å². The van der Waals surface area contributed by atoms with Crippen LogP contribution in [-0.2, 0) is 9.59 Å². The molecule has 1 aliphatic rings. The van der Waals surface area contributed by atoms with E-state index in [-0.39, 0.29) is 28.8 Å². The normalized spacial score (nSPS) is 31.6. The van der Waals surface area contributed by atoms with E-state index in [2.05, 4.69) is 0 Å². The Balaban J connectivity index is 2.90. The van der Waals surface area contributed by atoms with Gasteiger partial charge < -0.3 is 0 Å². The van der Waals surface area contributed by atoms with Crippen LogP contribution in [0.1, 0.15) is 47.0 Å². The van der Waals surface area contributed by atoms with Gasteiger partial charge in [0.05, 0.1) is 5.92 Å². The van der Waals surface area contributed by atoms with Gasteiger partial charge in [0.1, 0.15) is 11.6 Å². The van der Waals surface area contributed by atoms with Crippen LogP contribution < -0.4 is 0 Å². The van der Waals surface area contributed by atoms with Crippen molar-refractivity contribution in [3.05, 3.63) is 0 Å². The Bertz CT molecular complexity index is 253. The summed E-state index contributed by atoms with van der Waals surface area (Å²) in [5, 5.41) is 0. The van der Waals surface area contributed by atoms with Crippen molar-refractivity contribution < 1.29 is 9.59 Å². The highest BCUT2D eigenvalue weighted by Crippen LogP contribution is 2.39. The van der Waals surface area contributed by atoms with Crippen molar-refractivity contribution in [3.8, 4) is 0 Å². The highest BCUT2D eigenvalue weighted by Gasteiger charge is 2.43. The predicted octanol–water partition coefficient (Wildman–Crippen LogP) is 2.61. The van der Waals surface area contributed by atoms with Gasteiger partial charge in [-0.05, 0) is 18.8 Å². The van der Waals surface area contributed by atoms with Crippen LogP contribution in [0.2, 0.25) is 0 Å². The molecule has 0 aromatic heterocycles. The molecule has 0 aromatic rings. The van der Waals surface area contributed by atoms with Crippen LogP contribution in [0.3, 0.4) is 0 Å². The molecule has 2 atom stereocenters. The Labute approximate surface area is 86.1 Å². The van der Waals surface area contributed by atoms with Crippen molar-refractivity contribution >= 4 is 11.6 Å². The topological polar surface area (TPSA) is 34.1 Å². The molecular formula is C12H20O2. The van der Waals surface area contributed by atoms with E-state index in [0.29, 0.717) is 6.42 Å². The van der Waals surface area contributed by atoms with E-state index in [4.69, 9.17) is 0 Å². The molecule has 1 rings (SSSR count). The predicted molar refractivity (Wildman–Crippen MR) is 56.0 cm³/mol. The van der Waals surface area contributed by atoms with E-state index in [0.717, 1.165) is 12.8 Å². The van der Waals surface area contributed by atoms with Crippen molar-refractivity contribution in [3.63, 3.8) is 0 Å². The first-order chi connectivity index (χ1) is 6.40. The Morgan fingerprint density at radius 3 is 2.57 bits per heavy atom. The summed E-state index contributed by atoms with van der Waals surface area (Å²) in [6.07, 6.45) is 2.40. The molecule has 0 aromatic carbocycles. The molecule has 0 spiro atoms. The zero-order valence-corrected chi connectivity index (χ0v) is 9.59. The standard InChI is InChI=1S/C12H20O2/c1-5-9(13)10-8(2)6-7-12(3,4)11(10)14/h8,10H,5-7H2,1-4H3. The number of hydrogen-bond donors (Lipinski definition) is 0. The summed E-state index contributed by atoms with van der Waals surface area (Å²) < 4.78 is 0. The highest BCUT2D eigenvalue weighted by molar-refractivity contribution is 6.05. The molecular weight excluding hydrogens is 176 g/mol. The lowest BCUT2D eigenvalue weighted by Crippen LogP contribution is -2.43. The highest BCUT2D eigenvalue weighted by atomic mass is 16.2. The second-order valence-corrected chi connectivity index (χ2v) is 5.06.